The highest BCUT2D eigenvalue weighted by Crippen LogP contribution is 2.27. The largest absolute Gasteiger partial charge is 0.411 e. The molecule has 1 aliphatic carbocycles. The SMILES string of the molecule is ON=C1CCCc2cc(Cl)cc(F)c21. The van der Waals surface area contributed by atoms with Crippen LogP contribution < -0.4 is 0 Å². The maximum Gasteiger partial charge on any atom is 0.134 e. The summed E-state index contributed by atoms with van der Waals surface area (Å²) in [7, 11) is 0. The predicted molar refractivity (Wildman–Crippen MR) is 52.7 cm³/mol. The maximum absolute atomic E-state index is 13.5. The Bertz CT molecular complexity index is 403. The van der Waals surface area contributed by atoms with E-state index < -0.39 is 5.82 Å². The second-order valence-electron chi connectivity index (χ2n) is 3.32. The molecule has 0 radical (unpaired) electrons. The lowest BCUT2D eigenvalue weighted by atomic mass is 9.90. The molecule has 0 saturated heterocycles. The van der Waals surface area contributed by atoms with Crippen LogP contribution in [0.1, 0.15) is 24.0 Å². The van der Waals surface area contributed by atoms with Crippen molar-refractivity contribution in [1.82, 2.24) is 0 Å². The summed E-state index contributed by atoms with van der Waals surface area (Å²) >= 11 is 5.73. The minimum absolute atomic E-state index is 0.389. The molecule has 1 N–H and O–H groups in total. The molecule has 0 aliphatic heterocycles. The van der Waals surface area contributed by atoms with Crippen LogP contribution in [-0.2, 0) is 6.42 Å². The summed E-state index contributed by atoms with van der Waals surface area (Å²) in [4.78, 5) is 0. The standard InChI is InChI=1S/C10H9ClFNO/c11-7-4-6-2-1-3-9(13-14)10(6)8(12)5-7/h4-5,14H,1-3H2. The zero-order chi connectivity index (χ0) is 10.1. The average Bonchev–Trinajstić information content (AvgIpc) is 2.16. The quantitative estimate of drug-likeness (QED) is 0.522. The smallest absolute Gasteiger partial charge is 0.134 e. The highest BCUT2D eigenvalue weighted by atomic mass is 35.5. The molecular weight excluding hydrogens is 205 g/mol. The first kappa shape index (κ1) is 9.46. The number of aryl methyl sites for hydroxylation is 1. The van der Waals surface area contributed by atoms with Gasteiger partial charge in [-0.2, -0.15) is 0 Å². The molecule has 0 amide bonds. The molecule has 2 nitrogen and oxygen atoms in total. The summed E-state index contributed by atoms with van der Waals surface area (Å²) in [5.74, 6) is -0.403. The van der Waals surface area contributed by atoms with E-state index in [0.29, 0.717) is 22.7 Å². The van der Waals surface area contributed by atoms with E-state index in [1.165, 1.54) is 6.07 Å². The zero-order valence-electron chi connectivity index (χ0n) is 7.43. The van der Waals surface area contributed by atoms with Crippen molar-refractivity contribution in [3.63, 3.8) is 0 Å². The van der Waals surface area contributed by atoms with Crippen molar-refractivity contribution in [2.45, 2.75) is 19.3 Å². The van der Waals surface area contributed by atoms with E-state index >= 15 is 0 Å². The van der Waals surface area contributed by atoms with E-state index in [0.717, 1.165) is 18.4 Å². The lowest BCUT2D eigenvalue weighted by Crippen LogP contribution is -2.14. The van der Waals surface area contributed by atoms with Crippen LogP contribution in [0, 0.1) is 5.82 Å². The Hall–Kier alpha value is -1.09. The second-order valence-corrected chi connectivity index (χ2v) is 3.76. The Labute approximate surface area is 86.0 Å². The van der Waals surface area contributed by atoms with Crippen molar-refractivity contribution in [2.75, 3.05) is 0 Å². The monoisotopic (exact) mass is 213 g/mol. The topological polar surface area (TPSA) is 32.6 Å². The molecule has 0 saturated carbocycles. The van der Waals surface area contributed by atoms with Gasteiger partial charge in [-0.15, -0.1) is 0 Å². The van der Waals surface area contributed by atoms with Crippen LogP contribution in [0.15, 0.2) is 17.3 Å². The van der Waals surface area contributed by atoms with Gasteiger partial charge in [0, 0.05) is 10.6 Å². The maximum atomic E-state index is 13.5. The Morgan fingerprint density at radius 3 is 2.86 bits per heavy atom. The van der Waals surface area contributed by atoms with Gasteiger partial charge < -0.3 is 5.21 Å². The molecule has 2 rings (SSSR count). The van der Waals surface area contributed by atoms with Gasteiger partial charge in [-0.1, -0.05) is 16.8 Å². The number of oxime groups is 1. The summed E-state index contributed by atoms with van der Waals surface area (Å²) in [6, 6.07) is 2.97. The van der Waals surface area contributed by atoms with Crippen molar-refractivity contribution in [3.8, 4) is 0 Å². The third-order valence-corrected chi connectivity index (χ3v) is 2.62. The first-order valence-corrected chi connectivity index (χ1v) is 4.79. The van der Waals surface area contributed by atoms with Crippen molar-refractivity contribution in [1.29, 1.82) is 0 Å². The van der Waals surface area contributed by atoms with E-state index in [1.54, 1.807) is 6.07 Å². The Morgan fingerprint density at radius 1 is 1.36 bits per heavy atom. The average molecular weight is 214 g/mol. The van der Waals surface area contributed by atoms with Crippen molar-refractivity contribution in [3.05, 3.63) is 34.1 Å². The third kappa shape index (κ3) is 1.48. The van der Waals surface area contributed by atoms with Crippen LogP contribution >= 0.6 is 11.6 Å². The first-order chi connectivity index (χ1) is 6.72. The molecule has 0 unspecified atom stereocenters. The number of halogens is 2. The van der Waals surface area contributed by atoms with Gasteiger partial charge in [-0.3, -0.25) is 0 Å². The van der Waals surface area contributed by atoms with Gasteiger partial charge in [0.1, 0.15) is 5.82 Å². The van der Waals surface area contributed by atoms with E-state index in [1.807, 2.05) is 0 Å². The van der Waals surface area contributed by atoms with Crippen LogP contribution in [0.2, 0.25) is 5.02 Å². The summed E-state index contributed by atoms with van der Waals surface area (Å²) in [6.07, 6.45) is 2.26. The van der Waals surface area contributed by atoms with E-state index in [2.05, 4.69) is 5.16 Å². The summed E-state index contributed by atoms with van der Waals surface area (Å²) in [5, 5.41) is 12.2. The lowest BCUT2D eigenvalue weighted by Gasteiger charge is -2.17. The predicted octanol–water partition coefficient (Wildman–Crippen LogP) is 2.99. The van der Waals surface area contributed by atoms with Gasteiger partial charge >= 0.3 is 0 Å². The molecule has 14 heavy (non-hydrogen) atoms. The van der Waals surface area contributed by atoms with Gasteiger partial charge in [0.05, 0.1) is 5.71 Å². The Kier molecular flexibility index (Phi) is 2.42. The molecule has 0 heterocycles. The molecule has 0 spiro atoms. The van der Waals surface area contributed by atoms with E-state index in [-0.39, 0.29) is 0 Å². The minimum atomic E-state index is -0.403. The number of hydrogen-bond acceptors (Lipinski definition) is 2. The minimum Gasteiger partial charge on any atom is -0.411 e. The normalized spacial score (nSPS) is 18.3. The van der Waals surface area contributed by atoms with Crippen LogP contribution in [0.5, 0.6) is 0 Å². The van der Waals surface area contributed by atoms with Crippen LogP contribution in [0.4, 0.5) is 4.39 Å². The lowest BCUT2D eigenvalue weighted by molar-refractivity contribution is 0.317. The molecular formula is C10H9ClFNO. The number of nitrogens with zero attached hydrogens (tertiary/aromatic N) is 1. The summed E-state index contributed by atoms with van der Waals surface area (Å²) in [5.41, 5.74) is 1.66. The molecule has 74 valence electrons. The number of hydrogen-bond donors (Lipinski definition) is 1. The number of benzene rings is 1. The Balaban J connectivity index is 2.63. The van der Waals surface area contributed by atoms with E-state index in [4.69, 9.17) is 16.8 Å². The van der Waals surface area contributed by atoms with Crippen LogP contribution in [0.25, 0.3) is 0 Å². The highest BCUT2D eigenvalue weighted by Gasteiger charge is 2.20. The molecule has 1 aromatic rings. The second kappa shape index (κ2) is 3.58. The molecule has 1 aliphatic rings. The zero-order valence-corrected chi connectivity index (χ0v) is 8.18. The van der Waals surface area contributed by atoms with Gasteiger partial charge in [-0.25, -0.2) is 4.39 Å². The van der Waals surface area contributed by atoms with E-state index in [9.17, 15) is 4.39 Å². The van der Waals surface area contributed by atoms with Gasteiger partial charge in [0.25, 0.3) is 0 Å². The summed E-state index contributed by atoms with van der Waals surface area (Å²) < 4.78 is 13.5. The molecule has 0 bridgehead atoms. The van der Waals surface area contributed by atoms with Crippen LogP contribution in [-0.4, -0.2) is 10.9 Å². The molecule has 0 atom stereocenters. The molecule has 1 aromatic carbocycles. The fourth-order valence-electron chi connectivity index (χ4n) is 1.82. The van der Waals surface area contributed by atoms with Gasteiger partial charge in [-0.05, 0) is 37.0 Å². The third-order valence-electron chi connectivity index (χ3n) is 2.41. The van der Waals surface area contributed by atoms with Gasteiger partial charge in [0.15, 0.2) is 0 Å². The van der Waals surface area contributed by atoms with Crippen molar-refractivity contribution in [2.24, 2.45) is 5.16 Å². The summed E-state index contributed by atoms with van der Waals surface area (Å²) in [6.45, 7) is 0. The molecule has 0 aromatic heterocycles. The number of fused-ring (bicyclic) bond motifs is 1. The van der Waals surface area contributed by atoms with Crippen molar-refractivity contribution < 1.29 is 9.60 Å². The Morgan fingerprint density at radius 2 is 2.14 bits per heavy atom. The fourth-order valence-corrected chi connectivity index (χ4v) is 2.05. The van der Waals surface area contributed by atoms with Gasteiger partial charge in [0.2, 0.25) is 0 Å². The first-order valence-electron chi connectivity index (χ1n) is 4.41. The van der Waals surface area contributed by atoms with Crippen molar-refractivity contribution >= 4 is 17.3 Å². The number of rotatable bonds is 0. The highest BCUT2D eigenvalue weighted by molar-refractivity contribution is 6.30. The fraction of sp³-hybridized carbons (Fsp3) is 0.300. The molecule has 0 fully saturated rings. The molecule has 4 heteroatoms. The van der Waals surface area contributed by atoms with Crippen LogP contribution in [0.3, 0.4) is 0 Å².